The highest BCUT2D eigenvalue weighted by molar-refractivity contribution is 7.15. The highest BCUT2D eigenvalue weighted by atomic mass is 32.1. The Morgan fingerprint density at radius 2 is 1.86 bits per heavy atom. The second-order valence-electron chi connectivity index (χ2n) is 12.9. The second-order valence-corrected chi connectivity index (χ2v) is 14.0. The molecule has 2 aromatic rings. The third kappa shape index (κ3) is 8.37. The van der Waals surface area contributed by atoms with Crippen molar-refractivity contribution < 1.29 is 28.9 Å². The molecule has 1 aliphatic heterocycles. The SMILES string of the molecule is CC(C)(C#Cc1cc(N(C(=O)[C@H]2CC[C@H](C)CC2)[C@H]2CC[C@H](Oc3ccccn3)CC2)c(C(=O)O)s1)COC1CCOC1. The Morgan fingerprint density at radius 3 is 2.51 bits per heavy atom. The molecule has 3 fully saturated rings. The number of thiophene rings is 1. The minimum Gasteiger partial charge on any atom is -0.477 e. The van der Waals surface area contributed by atoms with E-state index in [1.165, 1.54) is 0 Å². The lowest BCUT2D eigenvalue weighted by Crippen LogP contribution is -2.47. The zero-order valence-corrected chi connectivity index (χ0v) is 26.4. The third-order valence-corrected chi connectivity index (χ3v) is 9.82. The van der Waals surface area contributed by atoms with Crippen LogP contribution in [0.5, 0.6) is 5.88 Å². The van der Waals surface area contributed by atoms with Crippen LogP contribution in [0.2, 0.25) is 0 Å². The number of ether oxygens (including phenoxy) is 3. The van der Waals surface area contributed by atoms with Gasteiger partial charge in [-0.05, 0) is 89.7 Å². The minimum atomic E-state index is -1.03. The van der Waals surface area contributed by atoms with Crippen LogP contribution in [0, 0.1) is 29.1 Å². The van der Waals surface area contributed by atoms with E-state index < -0.39 is 11.4 Å². The molecule has 2 saturated carbocycles. The first-order valence-electron chi connectivity index (χ1n) is 15.7. The molecular weight excluding hydrogens is 564 g/mol. The minimum absolute atomic E-state index is 0.0155. The van der Waals surface area contributed by atoms with E-state index in [1.54, 1.807) is 6.20 Å². The molecule has 3 aliphatic rings. The van der Waals surface area contributed by atoms with Gasteiger partial charge in [-0.15, -0.1) is 11.3 Å². The first-order chi connectivity index (χ1) is 20.7. The number of carboxylic acids is 1. The number of carbonyl (C=O) groups excluding carboxylic acids is 1. The molecule has 1 saturated heterocycles. The molecule has 2 aliphatic carbocycles. The number of nitrogens with zero attached hydrogens (tertiary/aromatic N) is 2. The van der Waals surface area contributed by atoms with E-state index in [-0.39, 0.29) is 35.0 Å². The van der Waals surface area contributed by atoms with E-state index in [4.69, 9.17) is 14.2 Å². The predicted octanol–water partition coefficient (Wildman–Crippen LogP) is 6.57. The summed E-state index contributed by atoms with van der Waals surface area (Å²) in [6.45, 7) is 8.08. The summed E-state index contributed by atoms with van der Waals surface area (Å²) in [7, 11) is 0. The summed E-state index contributed by atoms with van der Waals surface area (Å²) in [5.74, 6) is 6.67. The van der Waals surface area contributed by atoms with Gasteiger partial charge in [0.15, 0.2) is 0 Å². The van der Waals surface area contributed by atoms with Crippen molar-refractivity contribution in [2.75, 3.05) is 24.7 Å². The number of hydrogen-bond donors (Lipinski definition) is 1. The summed E-state index contributed by atoms with van der Waals surface area (Å²) in [6, 6.07) is 7.35. The van der Waals surface area contributed by atoms with E-state index in [9.17, 15) is 14.7 Å². The Balaban J connectivity index is 1.37. The van der Waals surface area contributed by atoms with E-state index in [1.807, 2.05) is 43.0 Å². The van der Waals surface area contributed by atoms with E-state index >= 15 is 0 Å². The molecule has 1 atom stereocenters. The third-order valence-electron chi connectivity index (χ3n) is 8.79. The van der Waals surface area contributed by atoms with Gasteiger partial charge in [0.25, 0.3) is 0 Å². The van der Waals surface area contributed by atoms with Crippen molar-refractivity contribution >= 4 is 28.9 Å². The van der Waals surface area contributed by atoms with Crippen molar-refractivity contribution in [2.45, 2.75) is 96.8 Å². The van der Waals surface area contributed by atoms with Crippen LogP contribution < -0.4 is 9.64 Å². The number of amides is 1. The molecular formula is C34H44N2O6S. The first kappa shape index (κ1) is 31.5. The number of anilines is 1. The van der Waals surface area contributed by atoms with Crippen molar-refractivity contribution in [1.29, 1.82) is 0 Å². The van der Waals surface area contributed by atoms with E-state index in [0.29, 0.717) is 35.6 Å². The van der Waals surface area contributed by atoms with Crippen LogP contribution in [0.3, 0.4) is 0 Å². The number of hydrogen-bond acceptors (Lipinski definition) is 7. The highest BCUT2D eigenvalue weighted by Crippen LogP contribution is 2.39. The van der Waals surface area contributed by atoms with Crippen molar-refractivity contribution in [1.82, 2.24) is 4.98 Å². The molecule has 1 unspecified atom stereocenters. The summed E-state index contributed by atoms with van der Waals surface area (Å²) in [5, 5.41) is 10.3. The van der Waals surface area contributed by atoms with Crippen LogP contribution in [0.4, 0.5) is 5.69 Å². The van der Waals surface area contributed by atoms with Gasteiger partial charge in [0.2, 0.25) is 11.8 Å². The van der Waals surface area contributed by atoms with Crippen molar-refractivity contribution in [3.05, 3.63) is 40.2 Å². The molecule has 232 valence electrons. The standard InChI is InChI=1S/C34H44N2O6S/c1-23-7-9-24(10-8-23)32(37)36(25-11-13-26(14-12-25)42-30-6-4-5-18-35-30)29-20-28(43-31(29)33(38)39)15-17-34(2,3)22-41-27-16-19-40-21-27/h4-6,18,20,23-27H,7-14,16,19,21-22H2,1-3H3,(H,38,39)/t23-,24-,25-,26-,27?. The molecule has 1 N–H and O–H groups in total. The molecule has 0 spiro atoms. The Kier molecular flexibility index (Phi) is 10.4. The predicted molar refractivity (Wildman–Crippen MR) is 167 cm³/mol. The van der Waals surface area contributed by atoms with Gasteiger partial charge >= 0.3 is 5.97 Å². The second kappa shape index (κ2) is 14.2. The quantitative estimate of drug-likeness (QED) is 0.322. The summed E-state index contributed by atoms with van der Waals surface area (Å²) in [5.41, 5.74) is 0.0628. The van der Waals surface area contributed by atoms with Gasteiger partial charge in [0.1, 0.15) is 11.0 Å². The molecule has 9 heteroatoms. The number of carboxylic acid groups (broad SMARTS) is 1. The molecule has 3 heterocycles. The van der Waals surface area contributed by atoms with Crippen molar-refractivity contribution in [3.63, 3.8) is 0 Å². The molecule has 0 bridgehead atoms. The van der Waals surface area contributed by atoms with Crippen LogP contribution in [-0.2, 0) is 14.3 Å². The molecule has 0 aromatic carbocycles. The summed E-state index contributed by atoms with van der Waals surface area (Å²) >= 11 is 1.15. The Labute approximate surface area is 259 Å². The van der Waals surface area contributed by atoms with Gasteiger partial charge in [0.05, 0.1) is 29.9 Å². The van der Waals surface area contributed by atoms with Crippen LogP contribution >= 0.6 is 11.3 Å². The van der Waals surface area contributed by atoms with Crippen LogP contribution in [-0.4, -0.2) is 60.0 Å². The molecule has 2 aromatic heterocycles. The average molecular weight is 609 g/mol. The fourth-order valence-electron chi connectivity index (χ4n) is 6.22. The van der Waals surface area contributed by atoms with Crippen LogP contribution in [0.25, 0.3) is 0 Å². The Morgan fingerprint density at radius 1 is 1.09 bits per heavy atom. The van der Waals surface area contributed by atoms with Gasteiger partial charge in [-0.25, -0.2) is 9.78 Å². The number of carbonyl (C=O) groups is 2. The molecule has 43 heavy (non-hydrogen) atoms. The maximum absolute atomic E-state index is 14.2. The number of pyridine rings is 1. The Bertz CT molecular complexity index is 1290. The summed E-state index contributed by atoms with van der Waals surface area (Å²) in [6.07, 6.45) is 9.45. The smallest absolute Gasteiger partial charge is 0.348 e. The lowest BCUT2D eigenvalue weighted by Gasteiger charge is -2.39. The Hall–Kier alpha value is -2.93. The first-order valence-corrected chi connectivity index (χ1v) is 16.5. The van der Waals surface area contributed by atoms with E-state index in [0.717, 1.165) is 75.7 Å². The topological polar surface area (TPSA) is 98.2 Å². The lowest BCUT2D eigenvalue weighted by atomic mass is 9.81. The maximum atomic E-state index is 14.2. The highest BCUT2D eigenvalue weighted by Gasteiger charge is 2.38. The number of aromatic nitrogens is 1. The fraction of sp³-hybridized carbons (Fsp3) is 0.618. The molecule has 1 amide bonds. The zero-order valence-electron chi connectivity index (χ0n) is 25.5. The van der Waals surface area contributed by atoms with Gasteiger partial charge in [-0.2, -0.15) is 0 Å². The number of aromatic carboxylic acids is 1. The monoisotopic (exact) mass is 608 g/mol. The zero-order chi connectivity index (χ0) is 30.4. The maximum Gasteiger partial charge on any atom is 0.348 e. The van der Waals surface area contributed by atoms with Gasteiger partial charge < -0.3 is 24.2 Å². The fourth-order valence-corrected chi connectivity index (χ4v) is 7.06. The largest absolute Gasteiger partial charge is 0.477 e. The van der Waals surface area contributed by atoms with Gasteiger partial charge in [-0.1, -0.05) is 24.8 Å². The lowest BCUT2D eigenvalue weighted by molar-refractivity contribution is -0.124. The molecule has 5 rings (SSSR count). The average Bonchev–Trinajstić information content (AvgIpc) is 3.68. The van der Waals surface area contributed by atoms with Gasteiger partial charge in [-0.3, -0.25) is 4.79 Å². The summed E-state index contributed by atoms with van der Waals surface area (Å²) < 4.78 is 17.5. The van der Waals surface area contributed by atoms with Crippen molar-refractivity contribution in [3.8, 4) is 17.7 Å². The molecule has 8 nitrogen and oxygen atoms in total. The molecule has 0 radical (unpaired) electrons. The normalized spacial score (nSPS) is 25.9. The van der Waals surface area contributed by atoms with E-state index in [2.05, 4.69) is 23.7 Å². The van der Waals surface area contributed by atoms with Crippen molar-refractivity contribution in [2.24, 2.45) is 17.3 Å². The summed E-state index contributed by atoms with van der Waals surface area (Å²) in [4.78, 5) is 33.7. The number of rotatable bonds is 9. The van der Waals surface area contributed by atoms with Gasteiger partial charge in [0, 0.05) is 36.2 Å². The van der Waals surface area contributed by atoms with Crippen LogP contribution in [0.1, 0.15) is 93.1 Å². The van der Waals surface area contributed by atoms with Crippen LogP contribution in [0.15, 0.2) is 30.5 Å².